The Balaban J connectivity index is 0.00000261. The van der Waals surface area contributed by atoms with Crippen LogP contribution >= 0.6 is 24.0 Å². The summed E-state index contributed by atoms with van der Waals surface area (Å²) in [6.45, 7) is 1.80. The number of aliphatic imine (C=N–C) groups is 1. The Morgan fingerprint density at radius 1 is 1.22 bits per heavy atom. The maximum Gasteiger partial charge on any atom is 0.231 e. The van der Waals surface area contributed by atoms with Crippen LogP contribution in [0.3, 0.4) is 0 Å². The van der Waals surface area contributed by atoms with E-state index < -0.39 is 0 Å². The second kappa shape index (κ2) is 9.68. The monoisotopic (exact) mass is 482 g/mol. The van der Waals surface area contributed by atoms with Crippen LogP contribution in [0.5, 0.6) is 0 Å². The first-order valence-electron chi connectivity index (χ1n) is 8.63. The Kier molecular flexibility index (Phi) is 7.58. The number of carbonyl (C=O) groups excluding carboxylic acids is 1. The molecular formula is C20H24FIN4O. The molecule has 3 rings (SSSR count). The van der Waals surface area contributed by atoms with Crippen LogP contribution in [0.1, 0.15) is 11.1 Å². The third-order valence-corrected chi connectivity index (χ3v) is 4.45. The van der Waals surface area contributed by atoms with E-state index in [0.717, 1.165) is 22.8 Å². The van der Waals surface area contributed by atoms with E-state index in [2.05, 4.69) is 10.3 Å². The number of amides is 1. The van der Waals surface area contributed by atoms with Gasteiger partial charge in [0.1, 0.15) is 5.82 Å². The fraction of sp³-hybridized carbons (Fsp3) is 0.300. The number of benzene rings is 2. The molecule has 0 aliphatic carbocycles. The summed E-state index contributed by atoms with van der Waals surface area (Å²) in [4.78, 5) is 20.3. The Morgan fingerprint density at radius 3 is 2.63 bits per heavy atom. The van der Waals surface area contributed by atoms with Crippen molar-refractivity contribution in [3.8, 4) is 0 Å². The second-order valence-corrected chi connectivity index (χ2v) is 6.31. The van der Waals surface area contributed by atoms with Gasteiger partial charge < -0.3 is 15.1 Å². The van der Waals surface area contributed by atoms with Gasteiger partial charge >= 0.3 is 0 Å². The molecule has 0 fully saturated rings. The number of para-hydroxylation sites is 1. The lowest BCUT2D eigenvalue weighted by Crippen LogP contribution is -2.42. The minimum atomic E-state index is -0.241. The minimum absolute atomic E-state index is 0. The largest absolute Gasteiger partial charge is 0.354 e. The number of hydrogen-bond donors (Lipinski definition) is 1. The molecule has 1 heterocycles. The summed E-state index contributed by atoms with van der Waals surface area (Å²) >= 11 is 0. The van der Waals surface area contributed by atoms with Crippen LogP contribution in [-0.2, 0) is 17.8 Å². The maximum atomic E-state index is 13.0. The number of fused-ring (bicyclic) bond motifs is 1. The molecule has 27 heavy (non-hydrogen) atoms. The number of anilines is 1. The second-order valence-electron chi connectivity index (χ2n) is 6.31. The van der Waals surface area contributed by atoms with Crippen molar-refractivity contribution in [3.63, 3.8) is 0 Å². The van der Waals surface area contributed by atoms with Gasteiger partial charge in [0.15, 0.2) is 5.96 Å². The summed E-state index contributed by atoms with van der Waals surface area (Å²) in [5, 5.41) is 3.29. The number of hydrogen-bond acceptors (Lipinski definition) is 2. The van der Waals surface area contributed by atoms with Crippen LogP contribution in [0.25, 0.3) is 0 Å². The lowest BCUT2D eigenvalue weighted by atomic mass is 10.2. The number of nitrogens with zero attached hydrogens (tertiary/aromatic N) is 3. The summed E-state index contributed by atoms with van der Waals surface area (Å²) in [6.07, 6.45) is 0.468. The average Bonchev–Trinajstić information content (AvgIpc) is 2.96. The number of nitrogens with one attached hydrogen (secondary N) is 1. The summed E-state index contributed by atoms with van der Waals surface area (Å²) < 4.78 is 13.0. The Hall–Kier alpha value is -2.16. The highest BCUT2D eigenvalue weighted by molar-refractivity contribution is 14.0. The van der Waals surface area contributed by atoms with E-state index in [1.165, 1.54) is 12.1 Å². The topological polar surface area (TPSA) is 47.9 Å². The normalized spacial score (nSPS) is 13.2. The highest BCUT2D eigenvalue weighted by atomic mass is 127. The third-order valence-electron chi connectivity index (χ3n) is 4.45. The molecule has 7 heteroatoms. The molecule has 1 N–H and O–H groups in total. The van der Waals surface area contributed by atoms with Gasteiger partial charge in [-0.1, -0.05) is 30.3 Å². The maximum absolute atomic E-state index is 13.0. The molecule has 0 spiro atoms. The van der Waals surface area contributed by atoms with E-state index in [1.807, 2.05) is 41.1 Å². The molecule has 0 aromatic heterocycles. The molecule has 0 unspecified atom stereocenters. The van der Waals surface area contributed by atoms with Gasteiger partial charge in [-0.2, -0.15) is 0 Å². The smallest absolute Gasteiger partial charge is 0.231 e. The molecule has 2 aromatic carbocycles. The van der Waals surface area contributed by atoms with Gasteiger partial charge in [-0.15, -0.1) is 24.0 Å². The van der Waals surface area contributed by atoms with Crippen molar-refractivity contribution >= 4 is 41.5 Å². The highest BCUT2D eigenvalue weighted by Crippen LogP contribution is 2.27. The molecule has 1 aliphatic heterocycles. The van der Waals surface area contributed by atoms with Crippen molar-refractivity contribution in [3.05, 3.63) is 65.5 Å². The zero-order valence-corrected chi connectivity index (χ0v) is 17.8. The molecule has 5 nitrogen and oxygen atoms in total. The number of halogens is 2. The van der Waals surface area contributed by atoms with Crippen LogP contribution in [0.2, 0.25) is 0 Å². The fourth-order valence-electron chi connectivity index (χ4n) is 3.16. The van der Waals surface area contributed by atoms with Crippen LogP contribution in [0.15, 0.2) is 53.5 Å². The molecule has 2 aromatic rings. The molecular weight excluding hydrogens is 458 g/mol. The Bertz CT molecular complexity index is 810. The zero-order valence-electron chi connectivity index (χ0n) is 15.5. The lowest BCUT2D eigenvalue weighted by Gasteiger charge is -2.24. The van der Waals surface area contributed by atoms with Crippen molar-refractivity contribution in [2.24, 2.45) is 4.99 Å². The third kappa shape index (κ3) is 5.18. The molecule has 1 amide bonds. The zero-order chi connectivity index (χ0) is 18.5. The Labute approximate surface area is 176 Å². The molecule has 0 radical (unpaired) electrons. The van der Waals surface area contributed by atoms with Gasteiger partial charge in [0.05, 0.1) is 6.42 Å². The summed E-state index contributed by atoms with van der Waals surface area (Å²) in [5.41, 5.74) is 3.07. The van der Waals surface area contributed by atoms with Gasteiger partial charge in [-0.3, -0.25) is 9.79 Å². The van der Waals surface area contributed by atoms with E-state index in [-0.39, 0.29) is 35.7 Å². The number of carbonyl (C=O) groups is 1. The van der Waals surface area contributed by atoms with Gasteiger partial charge in [0.25, 0.3) is 0 Å². The highest BCUT2D eigenvalue weighted by Gasteiger charge is 2.26. The summed E-state index contributed by atoms with van der Waals surface area (Å²) in [6, 6.07) is 14.3. The van der Waals surface area contributed by atoms with Crippen molar-refractivity contribution in [2.45, 2.75) is 13.0 Å². The Morgan fingerprint density at radius 2 is 1.93 bits per heavy atom. The molecule has 1 aliphatic rings. The molecule has 0 bridgehead atoms. The fourth-order valence-corrected chi connectivity index (χ4v) is 3.16. The van der Waals surface area contributed by atoms with Gasteiger partial charge in [0.2, 0.25) is 5.91 Å². The van der Waals surface area contributed by atoms with Crippen LogP contribution in [-0.4, -0.2) is 44.0 Å². The molecule has 0 saturated carbocycles. The molecule has 0 saturated heterocycles. The summed E-state index contributed by atoms with van der Waals surface area (Å²) in [7, 11) is 3.65. The minimum Gasteiger partial charge on any atom is -0.354 e. The van der Waals surface area contributed by atoms with E-state index in [9.17, 15) is 9.18 Å². The average molecular weight is 482 g/mol. The van der Waals surface area contributed by atoms with Crippen molar-refractivity contribution < 1.29 is 9.18 Å². The van der Waals surface area contributed by atoms with E-state index in [1.54, 1.807) is 19.2 Å². The van der Waals surface area contributed by atoms with Gasteiger partial charge in [-0.25, -0.2) is 4.39 Å². The van der Waals surface area contributed by atoms with Crippen molar-refractivity contribution in [1.29, 1.82) is 0 Å². The number of guanidine groups is 1. The molecule has 0 atom stereocenters. The standard InChI is InChI=1S/C20H23FN4O.HI/c1-22-20(24(2)14-15-7-9-17(21)10-8-15)23-11-12-25-18-6-4-3-5-16(18)13-19(25)26;/h3-10H,11-14H2,1-2H3,(H,22,23);1H. The van der Waals surface area contributed by atoms with Gasteiger partial charge in [-0.05, 0) is 29.3 Å². The first-order valence-corrected chi connectivity index (χ1v) is 8.63. The van der Waals surface area contributed by atoms with Crippen LogP contribution < -0.4 is 10.2 Å². The van der Waals surface area contributed by atoms with Crippen molar-refractivity contribution in [2.75, 3.05) is 32.1 Å². The van der Waals surface area contributed by atoms with E-state index in [0.29, 0.717) is 26.1 Å². The molecule has 144 valence electrons. The van der Waals surface area contributed by atoms with Crippen LogP contribution in [0.4, 0.5) is 10.1 Å². The first-order chi connectivity index (χ1) is 12.6. The quantitative estimate of drug-likeness (QED) is 0.405. The van der Waals surface area contributed by atoms with Crippen LogP contribution in [0, 0.1) is 5.82 Å². The van der Waals surface area contributed by atoms with E-state index >= 15 is 0 Å². The first kappa shape index (κ1) is 21.1. The lowest BCUT2D eigenvalue weighted by molar-refractivity contribution is -0.117. The van der Waals surface area contributed by atoms with E-state index in [4.69, 9.17) is 0 Å². The summed E-state index contributed by atoms with van der Waals surface area (Å²) in [5.74, 6) is 0.617. The van der Waals surface area contributed by atoms with Gasteiger partial charge in [0, 0.05) is 39.4 Å². The predicted octanol–water partition coefficient (Wildman–Crippen LogP) is 3.04. The number of rotatable bonds is 5. The SMILES string of the molecule is CN=C(NCCN1C(=O)Cc2ccccc21)N(C)Cc1ccc(F)cc1.I. The predicted molar refractivity (Wildman–Crippen MR) is 117 cm³/mol. The van der Waals surface area contributed by atoms with Crippen molar-refractivity contribution in [1.82, 2.24) is 10.2 Å².